The van der Waals surface area contributed by atoms with Crippen molar-refractivity contribution in [1.82, 2.24) is 25.1 Å². The van der Waals surface area contributed by atoms with E-state index in [1.165, 1.54) is 11.1 Å². The third kappa shape index (κ3) is 3.18. The molecule has 2 amide bonds. The molecule has 9 heteroatoms. The molecule has 132 valence electrons. The molecule has 0 spiro atoms. The minimum absolute atomic E-state index is 0.0853. The number of benzene rings is 1. The molecular weight excluding hydrogens is 336 g/mol. The van der Waals surface area contributed by atoms with Crippen molar-refractivity contribution < 1.29 is 14.0 Å². The highest BCUT2D eigenvalue weighted by molar-refractivity contribution is 6.02. The first kappa shape index (κ1) is 16.0. The van der Waals surface area contributed by atoms with Crippen LogP contribution in [0.2, 0.25) is 0 Å². The third-order valence-corrected chi connectivity index (χ3v) is 4.10. The SMILES string of the molecule is O=C(Nc1ccc(-n2nnc(C(=O)N3CCCC3)n2)cc1)c1ccco1. The average molecular weight is 352 g/mol. The summed E-state index contributed by atoms with van der Waals surface area (Å²) in [5, 5.41) is 14.7. The Kier molecular flexibility index (Phi) is 4.18. The fraction of sp³-hybridized carbons (Fsp3) is 0.235. The van der Waals surface area contributed by atoms with Crippen LogP contribution in [0.1, 0.15) is 34.0 Å². The summed E-state index contributed by atoms with van der Waals surface area (Å²) in [4.78, 5) is 27.2. The second-order valence-electron chi connectivity index (χ2n) is 5.88. The van der Waals surface area contributed by atoms with Gasteiger partial charge in [-0.2, -0.15) is 0 Å². The van der Waals surface area contributed by atoms with Gasteiger partial charge in [0.15, 0.2) is 5.76 Å². The van der Waals surface area contributed by atoms with Crippen molar-refractivity contribution in [3.63, 3.8) is 0 Å². The lowest BCUT2D eigenvalue weighted by molar-refractivity contribution is 0.0780. The molecule has 1 saturated heterocycles. The summed E-state index contributed by atoms with van der Waals surface area (Å²) >= 11 is 0. The average Bonchev–Trinajstić information content (AvgIpc) is 3.44. The van der Waals surface area contributed by atoms with Crippen LogP contribution in [0, 0.1) is 0 Å². The molecule has 0 saturated carbocycles. The highest BCUT2D eigenvalue weighted by Crippen LogP contribution is 2.14. The molecule has 1 aliphatic rings. The number of tetrazole rings is 1. The number of nitrogens with one attached hydrogen (secondary N) is 1. The van der Waals surface area contributed by atoms with Crippen molar-refractivity contribution in [3.8, 4) is 5.69 Å². The summed E-state index contributed by atoms with van der Waals surface area (Å²) in [5.74, 6) is -0.213. The first-order chi connectivity index (χ1) is 12.7. The van der Waals surface area contributed by atoms with Gasteiger partial charge >= 0.3 is 0 Å². The van der Waals surface area contributed by atoms with Crippen LogP contribution in [-0.2, 0) is 0 Å². The summed E-state index contributed by atoms with van der Waals surface area (Å²) in [5.41, 5.74) is 1.23. The Hall–Kier alpha value is -3.49. The van der Waals surface area contributed by atoms with E-state index in [1.54, 1.807) is 41.3 Å². The Balaban J connectivity index is 1.45. The molecule has 0 aliphatic carbocycles. The van der Waals surface area contributed by atoms with Gasteiger partial charge in [0, 0.05) is 18.8 Å². The third-order valence-electron chi connectivity index (χ3n) is 4.10. The van der Waals surface area contributed by atoms with Crippen LogP contribution in [0.4, 0.5) is 5.69 Å². The molecule has 26 heavy (non-hydrogen) atoms. The molecule has 1 aromatic carbocycles. The molecule has 2 aromatic heterocycles. The number of anilines is 1. The van der Waals surface area contributed by atoms with E-state index < -0.39 is 0 Å². The van der Waals surface area contributed by atoms with Crippen LogP contribution in [0.25, 0.3) is 5.69 Å². The van der Waals surface area contributed by atoms with Crippen LogP contribution >= 0.6 is 0 Å². The van der Waals surface area contributed by atoms with Gasteiger partial charge in [-0.3, -0.25) is 9.59 Å². The molecule has 9 nitrogen and oxygen atoms in total. The zero-order chi connectivity index (χ0) is 17.9. The first-order valence-corrected chi connectivity index (χ1v) is 8.25. The zero-order valence-corrected chi connectivity index (χ0v) is 13.8. The van der Waals surface area contributed by atoms with E-state index in [4.69, 9.17) is 4.42 Å². The zero-order valence-electron chi connectivity index (χ0n) is 13.8. The number of furan rings is 1. The van der Waals surface area contributed by atoms with Gasteiger partial charge in [0.1, 0.15) is 0 Å². The Labute approximate surface area is 148 Å². The fourth-order valence-electron chi connectivity index (χ4n) is 2.75. The molecule has 3 heterocycles. The molecule has 0 atom stereocenters. The summed E-state index contributed by atoms with van der Waals surface area (Å²) < 4.78 is 5.05. The Morgan fingerprint density at radius 2 is 1.85 bits per heavy atom. The first-order valence-electron chi connectivity index (χ1n) is 8.25. The molecule has 0 bridgehead atoms. The Bertz CT molecular complexity index is 910. The van der Waals surface area contributed by atoms with E-state index in [2.05, 4.69) is 20.7 Å². The van der Waals surface area contributed by atoms with Crippen molar-refractivity contribution in [2.45, 2.75) is 12.8 Å². The number of rotatable bonds is 4. The molecule has 1 fully saturated rings. The smallest absolute Gasteiger partial charge is 0.295 e. The summed E-state index contributed by atoms with van der Waals surface area (Å²) in [6.45, 7) is 1.47. The topological polar surface area (TPSA) is 106 Å². The molecule has 0 unspecified atom stereocenters. The van der Waals surface area contributed by atoms with Crippen molar-refractivity contribution in [2.24, 2.45) is 0 Å². The molecule has 4 rings (SSSR count). The standard InChI is InChI=1S/C17H16N6O3/c24-16(14-4-3-11-26-14)18-12-5-7-13(8-6-12)23-20-15(19-21-23)17(25)22-9-1-2-10-22/h3-8,11H,1-2,9-10H2,(H,18,24). The minimum Gasteiger partial charge on any atom is -0.459 e. The van der Waals surface area contributed by atoms with E-state index in [9.17, 15) is 9.59 Å². The maximum absolute atomic E-state index is 12.3. The van der Waals surface area contributed by atoms with Crippen LogP contribution in [-0.4, -0.2) is 50.0 Å². The normalized spacial score (nSPS) is 13.8. The fourth-order valence-corrected chi connectivity index (χ4v) is 2.75. The quantitative estimate of drug-likeness (QED) is 0.767. The van der Waals surface area contributed by atoms with E-state index >= 15 is 0 Å². The summed E-state index contributed by atoms with van der Waals surface area (Å²) in [7, 11) is 0. The largest absolute Gasteiger partial charge is 0.459 e. The van der Waals surface area contributed by atoms with Gasteiger partial charge in [-0.15, -0.1) is 15.0 Å². The van der Waals surface area contributed by atoms with Gasteiger partial charge in [0.2, 0.25) is 0 Å². The number of likely N-dealkylation sites (tertiary alicyclic amines) is 1. The van der Waals surface area contributed by atoms with Crippen molar-refractivity contribution in [3.05, 3.63) is 54.2 Å². The van der Waals surface area contributed by atoms with Gasteiger partial charge in [0.25, 0.3) is 17.6 Å². The lowest BCUT2D eigenvalue weighted by atomic mass is 10.3. The minimum atomic E-state index is -0.333. The van der Waals surface area contributed by atoms with Crippen LogP contribution in [0.3, 0.4) is 0 Å². The van der Waals surface area contributed by atoms with E-state index in [0.717, 1.165) is 25.9 Å². The van der Waals surface area contributed by atoms with Crippen molar-refractivity contribution in [1.29, 1.82) is 0 Å². The van der Waals surface area contributed by atoms with Crippen molar-refractivity contribution >= 4 is 17.5 Å². The highest BCUT2D eigenvalue weighted by Gasteiger charge is 2.23. The number of carbonyl (C=O) groups excluding carboxylic acids is 2. The number of hydrogen-bond donors (Lipinski definition) is 1. The second kappa shape index (κ2) is 6.79. The van der Waals surface area contributed by atoms with Gasteiger partial charge in [0.05, 0.1) is 12.0 Å². The van der Waals surface area contributed by atoms with E-state index in [0.29, 0.717) is 11.4 Å². The molecule has 3 aromatic rings. The lowest BCUT2D eigenvalue weighted by Crippen LogP contribution is -2.28. The summed E-state index contributed by atoms with van der Waals surface area (Å²) in [6.07, 6.45) is 3.45. The van der Waals surface area contributed by atoms with E-state index in [-0.39, 0.29) is 23.4 Å². The van der Waals surface area contributed by atoms with Crippen LogP contribution in [0.5, 0.6) is 0 Å². The maximum atomic E-state index is 12.3. The number of hydrogen-bond acceptors (Lipinski definition) is 6. The molecule has 0 radical (unpaired) electrons. The van der Waals surface area contributed by atoms with Gasteiger partial charge < -0.3 is 14.6 Å². The molecular formula is C17H16N6O3. The van der Waals surface area contributed by atoms with Crippen LogP contribution < -0.4 is 5.32 Å². The predicted molar refractivity (Wildman–Crippen MR) is 91.0 cm³/mol. The predicted octanol–water partition coefficient (Wildman–Crippen LogP) is 1.74. The van der Waals surface area contributed by atoms with Crippen LogP contribution in [0.15, 0.2) is 47.1 Å². The highest BCUT2D eigenvalue weighted by atomic mass is 16.3. The lowest BCUT2D eigenvalue weighted by Gasteiger charge is -2.11. The molecule has 1 N–H and O–H groups in total. The van der Waals surface area contributed by atoms with Gasteiger partial charge in [-0.1, -0.05) is 0 Å². The van der Waals surface area contributed by atoms with E-state index in [1.807, 2.05) is 0 Å². The number of nitrogens with zero attached hydrogens (tertiary/aromatic N) is 5. The molecule has 1 aliphatic heterocycles. The Morgan fingerprint density at radius 3 is 2.54 bits per heavy atom. The number of amides is 2. The van der Waals surface area contributed by atoms with Gasteiger partial charge in [-0.25, -0.2) is 0 Å². The van der Waals surface area contributed by atoms with Crippen molar-refractivity contribution in [2.75, 3.05) is 18.4 Å². The maximum Gasteiger partial charge on any atom is 0.295 e. The second-order valence-corrected chi connectivity index (χ2v) is 5.88. The van der Waals surface area contributed by atoms with Gasteiger partial charge in [-0.05, 0) is 54.5 Å². The number of aromatic nitrogens is 4. The Morgan fingerprint density at radius 1 is 1.08 bits per heavy atom. The number of carbonyl (C=O) groups is 2. The monoisotopic (exact) mass is 352 g/mol. The summed E-state index contributed by atoms with van der Waals surface area (Å²) in [6, 6.07) is 10.1.